The van der Waals surface area contributed by atoms with Gasteiger partial charge in [0.05, 0.1) is 24.8 Å². The molecule has 0 radical (unpaired) electrons. The van der Waals surface area contributed by atoms with Crippen molar-refractivity contribution in [2.45, 2.75) is 28.9 Å². The van der Waals surface area contributed by atoms with Gasteiger partial charge in [-0.25, -0.2) is 23.1 Å². The van der Waals surface area contributed by atoms with E-state index in [-0.39, 0.29) is 23.9 Å². The second-order valence-electron chi connectivity index (χ2n) is 7.46. The number of aliphatic hydroxyl groups is 1. The molecule has 5 aromatic rings. The predicted octanol–water partition coefficient (Wildman–Crippen LogP) is 3.70. The van der Waals surface area contributed by atoms with E-state index in [2.05, 4.69) is 46.5 Å². The van der Waals surface area contributed by atoms with Crippen molar-refractivity contribution in [3.8, 4) is 11.5 Å². The number of aromatic nitrogens is 8. The van der Waals surface area contributed by atoms with Crippen LogP contribution in [0.5, 0.6) is 0 Å². The summed E-state index contributed by atoms with van der Waals surface area (Å²) < 4.78 is 37.3. The summed E-state index contributed by atoms with van der Waals surface area (Å²) in [5, 5.41) is 32.2. The van der Waals surface area contributed by atoms with E-state index in [1.807, 2.05) is 24.3 Å². The first-order chi connectivity index (χ1) is 16.9. The molecule has 178 valence electrons. The molecule has 3 aromatic heterocycles. The first-order valence-corrected chi connectivity index (χ1v) is 11.7. The van der Waals surface area contributed by atoms with Gasteiger partial charge < -0.3 is 9.52 Å². The maximum Gasteiger partial charge on any atom is 0.283 e. The van der Waals surface area contributed by atoms with Gasteiger partial charge in [0.1, 0.15) is 34.9 Å². The lowest BCUT2D eigenvalue weighted by atomic mass is 9.93. The summed E-state index contributed by atoms with van der Waals surface area (Å²) in [6.45, 7) is -0.355. The Balaban J connectivity index is 1.37. The number of hydrogen-bond donors (Lipinski definition) is 1. The van der Waals surface area contributed by atoms with Gasteiger partial charge >= 0.3 is 0 Å². The molecule has 0 saturated heterocycles. The van der Waals surface area contributed by atoms with Gasteiger partial charge in [-0.1, -0.05) is 23.4 Å². The van der Waals surface area contributed by atoms with E-state index in [1.54, 1.807) is 6.20 Å². The van der Waals surface area contributed by atoms with E-state index in [1.165, 1.54) is 28.1 Å². The molecule has 5 rings (SSSR count). The lowest BCUT2D eigenvalue weighted by molar-refractivity contribution is -0.00893. The first kappa shape index (κ1) is 23.3. The van der Waals surface area contributed by atoms with Gasteiger partial charge in [0.15, 0.2) is 0 Å². The Hall–Kier alpha value is -3.49. The molecular weight excluding hydrogens is 546 g/mol. The summed E-state index contributed by atoms with van der Waals surface area (Å²) >= 11 is 4.53. The lowest BCUT2D eigenvalue weighted by Gasteiger charge is -2.28. The summed E-state index contributed by atoms with van der Waals surface area (Å²) in [5.74, 6) is -1.32. The SMILES string of the molecule is OC(Cn1cncn1)(Cn1cc(Sc2nnc(-c3ccccc3Br)o2)nn1)c1ccc(F)cc1F. The summed E-state index contributed by atoms with van der Waals surface area (Å²) in [7, 11) is 0. The largest absolute Gasteiger partial charge is 0.411 e. The first-order valence-electron chi connectivity index (χ1n) is 10.1. The van der Waals surface area contributed by atoms with Crippen molar-refractivity contribution in [2.75, 3.05) is 0 Å². The highest BCUT2D eigenvalue weighted by molar-refractivity contribution is 9.10. The zero-order chi connectivity index (χ0) is 24.4. The molecule has 3 heterocycles. The molecular formula is C21H15BrF2N8O2S. The van der Waals surface area contributed by atoms with Crippen LogP contribution in [0.4, 0.5) is 8.78 Å². The van der Waals surface area contributed by atoms with Gasteiger partial charge in [-0.2, -0.15) is 5.10 Å². The molecule has 0 aliphatic heterocycles. The molecule has 0 aliphatic carbocycles. The van der Waals surface area contributed by atoms with Crippen LogP contribution in [0.2, 0.25) is 0 Å². The summed E-state index contributed by atoms with van der Waals surface area (Å²) in [6.07, 6.45) is 4.21. The number of nitrogens with zero attached hydrogens (tertiary/aromatic N) is 8. The number of benzene rings is 2. The van der Waals surface area contributed by atoms with Crippen LogP contribution in [0.1, 0.15) is 5.56 Å². The Morgan fingerprint density at radius 1 is 1.06 bits per heavy atom. The van der Waals surface area contributed by atoms with Gasteiger partial charge in [0, 0.05) is 16.1 Å². The van der Waals surface area contributed by atoms with Crippen LogP contribution in [-0.2, 0) is 18.7 Å². The Bertz CT molecular complexity index is 1460. The fourth-order valence-electron chi connectivity index (χ4n) is 3.43. The molecule has 0 amide bonds. The predicted molar refractivity (Wildman–Crippen MR) is 122 cm³/mol. The Morgan fingerprint density at radius 2 is 1.89 bits per heavy atom. The summed E-state index contributed by atoms with van der Waals surface area (Å²) in [6, 6.07) is 10.4. The molecule has 0 saturated carbocycles. The molecule has 0 fully saturated rings. The van der Waals surface area contributed by atoms with Crippen LogP contribution in [-0.4, -0.2) is 45.1 Å². The average molecular weight is 561 g/mol. The monoisotopic (exact) mass is 560 g/mol. The number of halogens is 3. The van der Waals surface area contributed by atoms with Crippen LogP contribution in [0, 0.1) is 11.6 Å². The normalized spacial score (nSPS) is 13.1. The topological polar surface area (TPSA) is 121 Å². The second-order valence-corrected chi connectivity index (χ2v) is 9.28. The van der Waals surface area contributed by atoms with Gasteiger partial charge in [0.25, 0.3) is 5.22 Å². The van der Waals surface area contributed by atoms with E-state index in [0.717, 1.165) is 27.9 Å². The minimum Gasteiger partial charge on any atom is -0.411 e. The third-order valence-electron chi connectivity index (χ3n) is 4.97. The summed E-state index contributed by atoms with van der Waals surface area (Å²) in [4.78, 5) is 3.85. The van der Waals surface area contributed by atoms with E-state index >= 15 is 0 Å². The minimum atomic E-state index is -1.83. The fourth-order valence-corrected chi connectivity index (χ4v) is 4.51. The highest BCUT2D eigenvalue weighted by Crippen LogP contribution is 2.32. The Morgan fingerprint density at radius 3 is 2.66 bits per heavy atom. The standard InChI is InChI=1S/C21H15BrF2N8O2S/c22-16-4-2-1-3-14(16)19-28-29-20(34-19)35-18-8-31(30-27-18)9-21(33,10-32-12-25-11-26-32)15-6-5-13(23)7-17(15)24/h1-8,11-12,33H,9-10H2. The van der Waals surface area contributed by atoms with Crippen molar-refractivity contribution < 1.29 is 18.3 Å². The molecule has 0 bridgehead atoms. The van der Waals surface area contributed by atoms with Crippen LogP contribution in [0.15, 0.2) is 80.5 Å². The van der Waals surface area contributed by atoms with E-state index in [0.29, 0.717) is 17.0 Å². The smallest absolute Gasteiger partial charge is 0.283 e. The van der Waals surface area contributed by atoms with Crippen molar-refractivity contribution >= 4 is 27.7 Å². The Labute approximate surface area is 209 Å². The van der Waals surface area contributed by atoms with Crippen molar-refractivity contribution in [3.63, 3.8) is 0 Å². The van der Waals surface area contributed by atoms with Crippen molar-refractivity contribution in [2.24, 2.45) is 0 Å². The van der Waals surface area contributed by atoms with Crippen LogP contribution < -0.4 is 0 Å². The third-order valence-corrected chi connectivity index (χ3v) is 6.39. The number of rotatable bonds is 8. The van der Waals surface area contributed by atoms with Crippen molar-refractivity contribution in [1.29, 1.82) is 0 Å². The van der Waals surface area contributed by atoms with Crippen molar-refractivity contribution in [3.05, 3.63) is 83.0 Å². The van der Waals surface area contributed by atoms with Crippen LogP contribution >= 0.6 is 27.7 Å². The van der Waals surface area contributed by atoms with Crippen LogP contribution in [0.3, 0.4) is 0 Å². The molecule has 2 aromatic carbocycles. The second kappa shape index (κ2) is 9.64. The molecule has 10 nitrogen and oxygen atoms in total. The Kier molecular flexibility index (Phi) is 6.40. The molecule has 1 unspecified atom stereocenters. The van der Waals surface area contributed by atoms with E-state index < -0.39 is 17.2 Å². The maximum absolute atomic E-state index is 14.6. The zero-order valence-electron chi connectivity index (χ0n) is 17.7. The molecule has 1 atom stereocenters. The van der Waals surface area contributed by atoms with Gasteiger partial charge in [0.2, 0.25) is 5.89 Å². The fraction of sp³-hybridized carbons (Fsp3) is 0.143. The molecule has 14 heteroatoms. The van der Waals surface area contributed by atoms with Crippen molar-refractivity contribution in [1.82, 2.24) is 40.0 Å². The molecule has 1 N–H and O–H groups in total. The maximum atomic E-state index is 14.6. The van der Waals surface area contributed by atoms with Gasteiger partial charge in [-0.15, -0.1) is 15.3 Å². The number of hydrogen-bond acceptors (Lipinski definition) is 9. The minimum absolute atomic E-state index is 0.117. The quantitative estimate of drug-likeness (QED) is 0.302. The van der Waals surface area contributed by atoms with E-state index in [9.17, 15) is 13.9 Å². The highest BCUT2D eigenvalue weighted by atomic mass is 79.9. The average Bonchev–Trinajstić information content (AvgIpc) is 3.58. The summed E-state index contributed by atoms with van der Waals surface area (Å²) in [5.41, 5.74) is -1.21. The molecule has 0 spiro atoms. The molecule has 0 aliphatic rings. The lowest BCUT2D eigenvalue weighted by Crippen LogP contribution is -2.37. The highest BCUT2D eigenvalue weighted by Gasteiger charge is 2.35. The van der Waals surface area contributed by atoms with Gasteiger partial charge in [-0.3, -0.25) is 0 Å². The molecule has 35 heavy (non-hydrogen) atoms. The third kappa shape index (κ3) is 5.13. The van der Waals surface area contributed by atoms with Crippen LogP contribution in [0.25, 0.3) is 11.5 Å². The van der Waals surface area contributed by atoms with E-state index in [4.69, 9.17) is 4.42 Å². The van der Waals surface area contributed by atoms with Gasteiger partial charge in [-0.05, 0) is 45.9 Å². The zero-order valence-corrected chi connectivity index (χ0v) is 20.1.